The zero-order valence-electron chi connectivity index (χ0n) is 13.2. The standard InChI is InChI=1S/C15H30N4.HI/c1-4-7-12-10-14(12)18-15(16-3)17-11-13-8-6-9-19(13)5-2;/h12-14H,4-11H2,1-3H3,(H2,16,17,18);1H. The van der Waals surface area contributed by atoms with Crippen LogP contribution in [0.3, 0.4) is 0 Å². The van der Waals surface area contributed by atoms with Crippen LogP contribution in [0.15, 0.2) is 4.99 Å². The Labute approximate surface area is 141 Å². The van der Waals surface area contributed by atoms with E-state index in [1.807, 2.05) is 7.05 Å². The van der Waals surface area contributed by atoms with Crippen molar-refractivity contribution in [1.82, 2.24) is 15.5 Å². The predicted molar refractivity (Wildman–Crippen MR) is 97.0 cm³/mol. The van der Waals surface area contributed by atoms with Crippen molar-refractivity contribution in [1.29, 1.82) is 0 Å². The van der Waals surface area contributed by atoms with Gasteiger partial charge in [-0.25, -0.2) is 0 Å². The van der Waals surface area contributed by atoms with Gasteiger partial charge in [0.1, 0.15) is 0 Å². The van der Waals surface area contributed by atoms with E-state index >= 15 is 0 Å². The molecule has 20 heavy (non-hydrogen) atoms. The zero-order chi connectivity index (χ0) is 13.7. The normalized spacial score (nSPS) is 29.9. The summed E-state index contributed by atoms with van der Waals surface area (Å²) in [6.45, 7) is 7.97. The van der Waals surface area contributed by atoms with Gasteiger partial charge < -0.3 is 10.6 Å². The van der Waals surface area contributed by atoms with Crippen molar-refractivity contribution in [3.8, 4) is 0 Å². The molecule has 5 heteroatoms. The number of rotatable bonds is 6. The van der Waals surface area contributed by atoms with Crippen LogP contribution in [0.25, 0.3) is 0 Å². The number of nitrogens with zero attached hydrogens (tertiary/aromatic N) is 2. The van der Waals surface area contributed by atoms with E-state index in [-0.39, 0.29) is 24.0 Å². The molecule has 1 saturated heterocycles. The molecule has 2 N–H and O–H groups in total. The first-order chi connectivity index (χ1) is 9.28. The second-order valence-electron chi connectivity index (χ2n) is 5.91. The molecule has 2 fully saturated rings. The maximum atomic E-state index is 4.35. The Morgan fingerprint density at radius 2 is 2.15 bits per heavy atom. The van der Waals surface area contributed by atoms with Crippen molar-refractivity contribution in [2.24, 2.45) is 10.9 Å². The van der Waals surface area contributed by atoms with Gasteiger partial charge in [0.25, 0.3) is 0 Å². The van der Waals surface area contributed by atoms with Gasteiger partial charge in [0, 0.05) is 25.7 Å². The number of likely N-dealkylation sites (N-methyl/N-ethyl adjacent to an activating group) is 1. The molecule has 0 aromatic carbocycles. The molecular formula is C15H31IN4. The van der Waals surface area contributed by atoms with Crippen LogP contribution in [0.5, 0.6) is 0 Å². The summed E-state index contributed by atoms with van der Waals surface area (Å²) in [5, 5.41) is 7.06. The van der Waals surface area contributed by atoms with E-state index in [2.05, 4.69) is 34.4 Å². The molecule has 1 heterocycles. The van der Waals surface area contributed by atoms with Gasteiger partial charge >= 0.3 is 0 Å². The Hall–Kier alpha value is -0.0400. The minimum atomic E-state index is 0. The van der Waals surface area contributed by atoms with Crippen molar-refractivity contribution in [2.75, 3.05) is 26.7 Å². The maximum absolute atomic E-state index is 4.35. The van der Waals surface area contributed by atoms with Gasteiger partial charge in [-0.3, -0.25) is 9.89 Å². The summed E-state index contributed by atoms with van der Waals surface area (Å²) in [7, 11) is 1.87. The highest BCUT2D eigenvalue weighted by Gasteiger charge is 2.36. The van der Waals surface area contributed by atoms with E-state index in [1.165, 1.54) is 45.2 Å². The minimum Gasteiger partial charge on any atom is -0.355 e. The first-order valence-electron chi connectivity index (χ1n) is 7.99. The highest BCUT2D eigenvalue weighted by molar-refractivity contribution is 14.0. The second-order valence-corrected chi connectivity index (χ2v) is 5.91. The monoisotopic (exact) mass is 394 g/mol. The Morgan fingerprint density at radius 3 is 2.80 bits per heavy atom. The number of aliphatic imine (C=N–C) groups is 1. The lowest BCUT2D eigenvalue weighted by molar-refractivity contribution is 0.267. The van der Waals surface area contributed by atoms with Gasteiger partial charge in [-0.05, 0) is 44.7 Å². The molecule has 3 atom stereocenters. The third kappa shape index (κ3) is 5.06. The molecule has 2 rings (SSSR count). The third-order valence-electron chi connectivity index (χ3n) is 4.54. The van der Waals surface area contributed by atoms with E-state index in [1.54, 1.807) is 0 Å². The fraction of sp³-hybridized carbons (Fsp3) is 0.933. The third-order valence-corrected chi connectivity index (χ3v) is 4.54. The number of guanidine groups is 1. The summed E-state index contributed by atoms with van der Waals surface area (Å²) in [5.41, 5.74) is 0. The highest BCUT2D eigenvalue weighted by Crippen LogP contribution is 2.34. The molecule has 3 unspecified atom stereocenters. The number of halogens is 1. The predicted octanol–water partition coefficient (Wildman–Crippen LogP) is 2.44. The van der Waals surface area contributed by atoms with Crippen molar-refractivity contribution >= 4 is 29.9 Å². The molecule has 1 saturated carbocycles. The van der Waals surface area contributed by atoms with Gasteiger partial charge in [-0.15, -0.1) is 24.0 Å². The molecule has 0 aromatic rings. The first kappa shape index (κ1) is 18.0. The molecule has 0 bridgehead atoms. The lowest BCUT2D eigenvalue weighted by Crippen LogP contribution is -2.45. The Bertz CT molecular complexity index is 308. The molecule has 0 radical (unpaired) electrons. The molecule has 0 amide bonds. The smallest absolute Gasteiger partial charge is 0.191 e. The van der Waals surface area contributed by atoms with Gasteiger partial charge in [0.2, 0.25) is 0 Å². The van der Waals surface area contributed by atoms with Crippen LogP contribution in [-0.2, 0) is 0 Å². The summed E-state index contributed by atoms with van der Waals surface area (Å²) in [6.07, 6.45) is 6.62. The van der Waals surface area contributed by atoms with Gasteiger partial charge in [0.05, 0.1) is 0 Å². The zero-order valence-corrected chi connectivity index (χ0v) is 15.5. The van der Waals surface area contributed by atoms with Crippen LogP contribution in [-0.4, -0.2) is 49.6 Å². The molecule has 0 aromatic heterocycles. The molecule has 0 spiro atoms. The van der Waals surface area contributed by atoms with Gasteiger partial charge in [0.15, 0.2) is 5.96 Å². The van der Waals surface area contributed by atoms with Crippen molar-refractivity contribution < 1.29 is 0 Å². The van der Waals surface area contributed by atoms with Gasteiger partial charge in [-0.2, -0.15) is 0 Å². The van der Waals surface area contributed by atoms with Crippen molar-refractivity contribution in [2.45, 2.75) is 58.0 Å². The Kier molecular flexibility index (Phi) is 8.17. The summed E-state index contributed by atoms with van der Waals surface area (Å²) >= 11 is 0. The fourth-order valence-electron chi connectivity index (χ4n) is 3.24. The van der Waals surface area contributed by atoms with E-state index < -0.39 is 0 Å². The molecule has 118 valence electrons. The lowest BCUT2D eigenvalue weighted by Gasteiger charge is -2.24. The van der Waals surface area contributed by atoms with Crippen LogP contribution in [0.1, 0.15) is 46.0 Å². The Morgan fingerprint density at radius 1 is 1.35 bits per heavy atom. The van der Waals surface area contributed by atoms with Crippen molar-refractivity contribution in [3.05, 3.63) is 0 Å². The largest absolute Gasteiger partial charge is 0.355 e. The molecular weight excluding hydrogens is 363 g/mol. The topological polar surface area (TPSA) is 39.7 Å². The number of hydrogen-bond acceptors (Lipinski definition) is 2. The molecule has 2 aliphatic rings. The van der Waals surface area contributed by atoms with E-state index in [4.69, 9.17) is 0 Å². The summed E-state index contributed by atoms with van der Waals surface area (Å²) in [4.78, 5) is 6.92. The van der Waals surface area contributed by atoms with Crippen LogP contribution in [0, 0.1) is 5.92 Å². The van der Waals surface area contributed by atoms with Gasteiger partial charge in [-0.1, -0.05) is 20.3 Å². The average molecular weight is 394 g/mol. The molecule has 1 aliphatic carbocycles. The number of hydrogen-bond donors (Lipinski definition) is 2. The number of likely N-dealkylation sites (tertiary alicyclic amines) is 1. The summed E-state index contributed by atoms with van der Waals surface area (Å²) in [5.74, 6) is 1.87. The quantitative estimate of drug-likeness (QED) is 0.413. The maximum Gasteiger partial charge on any atom is 0.191 e. The molecule has 1 aliphatic heterocycles. The van der Waals surface area contributed by atoms with E-state index in [9.17, 15) is 0 Å². The SMILES string of the molecule is CCCC1CC1NC(=NC)NCC1CCCN1CC.I. The molecule has 4 nitrogen and oxygen atoms in total. The van der Waals surface area contributed by atoms with Crippen LogP contribution in [0.2, 0.25) is 0 Å². The summed E-state index contributed by atoms with van der Waals surface area (Å²) in [6, 6.07) is 1.35. The first-order valence-corrected chi connectivity index (χ1v) is 7.99. The number of nitrogens with one attached hydrogen (secondary N) is 2. The second kappa shape index (κ2) is 9.07. The minimum absolute atomic E-state index is 0. The average Bonchev–Trinajstić information content (AvgIpc) is 2.99. The van der Waals surface area contributed by atoms with Crippen molar-refractivity contribution in [3.63, 3.8) is 0 Å². The Balaban J connectivity index is 0.00000200. The summed E-state index contributed by atoms with van der Waals surface area (Å²) < 4.78 is 0. The van der Waals surface area contributed by atoms with Crippen LogP contribution >= 0.6 is 24.0 Å². The van der Waals surface area contributed by atoms with Crippen LogP contribution in [0.4, 0.5) is 0 Å². The highest BCUT2D eigenvalue weighted by atomic mass is 127. The van der Waals surface area contributed by atoms with E-state index in [0.29, 0.717) is 12.1 Å². The van der Waals surface area contributed by atoms with E-state index in [0.717, 1.165) is 18.4 Å². The lowest BCUT2D eigenvalue weighted by atomic mass is 10.2. The fourth-order valence-corrected chi connectivity index (χ4v) is 3.24. The van der Waals surface area contributed by atoms with Crippen LogP contribution < -0.4 is 10.6 Å².